The Morgan fingerprint density at radius 3 is 2.60 bits per heavy atom. The van der Waals surface area contributed by atoms with Gasteiger partial charge in [-0.1, -0.05) is 17.7 Å². The Kier molecular flexibility index (Phi) is 8.60. The summed E-state index contributed by atoms with van der Waals surface area (Å²) in [6.07, 6.45) is -0.0346. The number of nitrogens with zero attached hydrogens (tertiary/aromatic N) is 4. The molecule has 2 saturated heterocycles. The van der Waals surface area contributed by atoms with Crippen LogP contribution < -0.4 is 10.1 Å². The molecular formula is C21H32ClN5O3. The molecule has 30 heavy (non-hydrogen) atoms. The van der Waals surface area contributed by atoms with Crippen molar-refractivity contribution in [1.29, 1.82) is 0 Å². The van der Waals surface area contributed by atoms with E-state index in [-0.39, 0.29) is 12.0 Å². The van der Waals surface area contributed by atoms with Gasteiger partial charge in [0, 0.05) is 51.3 Å². The topological polar surface area (TPSA) is 69.6 Å². The van der Waals surface area contributed by atoms with Crippen LogP contribution in [0.4, 0.5) is 0 Å². The number of morpholine rings is 1. The molecule has 2 fully saturated rings. The second-order valence-electron chi connectivity index (χ2n) is 7.57. The fraction of sp³-hybridized carbons (Fsp3) is 0.619. The molecule has 1 amide bonds. The van der Waals surface area contributed by atoms with Crippen LogP contribution in [0.5, 0.6) is 5.75 Å². The fourth-order valence-electron chi connectivity index (χ4n) is 3.60. The highest BCUT2D eigenvalue weighted by Crippen LogP contribution is 2.18. The molecule has 0 aliphatic carbocycles. The minimum atomic E-state index is -0.0346. The number of nitrogens with one attached hydrogen (secondary N) is 1. The van der Waals surface area contributed by atoms with Crippen LogP contribution in [-0.4, -0.2) is 105 Å². The molecule has 2 aliphatic rings. The van der Waals surface area contributed by atoms with Crippen molar-refractivity contribution in [2.45, 2.75) is 13.0 Å². The van der Waals surface area contributed by atoms with E-state index in [1.807, 2.05) is 36.1 Å². The first-order valence-corrected chi connectivity index (χ1v) is 10.9. The van der Waals surface area contributed by atoms with Crippen LogP contribution in [0.25, 0.3) is 0 Å². The summed E-state index contributed by atoms with van der Waals surface area (Å²) in [4.78, 5) is 23.2. The van der Waals surface area contributed by atoms with Gasteiger partial charge in [0.05, 0.1) is 26.3 Å². The van der Waals surface area contributed by atoms with Crippen molar-refractivity contribution < 1.29 is 14.3 Å². The predicted octanol–water partition coefficient (Wildman–Crippen LogP) is 1.16. The first-order chi connectivity index (χ1) is 14.5. The summed E-state index contributed by atoms with van der Waals surface area (Å²) in [6.45, 7) is 9.14. The molecule has 2 heterocycles. The maximum Gasteiger partial charge on any atom is 0.236 e. The van der Waals surface area contributed by atoms with Crippen molar-refractivity contribution in [3.05, 3.63) is 29.3 Å². The minimum Gasteiger partial charge on any atom is -0.489 e. The van der Waals surface area contributed by atoms with Crippen LogP contribution in [0.15, 0.2) is 29.3 Å². The SMILES string of the molecule is CN=C(NCC(C)Oc1cccc(Cl)c1)N1CCN(CC(=O)N2CCOCC2)CC1. The van der Waals surface area contributed by atoms with Crippen LogP contribution in [0.3, 0.4) is 0 Å². The van der Waals surface area contributed by atoms with Crippen molar-refractivity contribution in [1.82, 2.24) is 20.0 Å². The van der Waals surface area contributed by atoms with E-state index >= 15 is 0 Å². The van der Waals surface area contributed by atoms with Gasteiger partial charge >= 0.3 is 0 Å². The zero-order chi connectivity index (χ0) is 21.3. The molecule has 1 N–H and O–H groups in total. The maximum atomic E-state index is 12.4. The Balaban J connectivity index is 1.39. The number of hydrogen-bond acceptors (Lipinski definition) is 5. The molecule has 1 aromatic rings. The quantitative estimate of drug-likeness (QED) is 0.532. The Bertz CT molecular complexity index is 718. The average molecular weight is 438 g/mol. The first kappa shape index (κ1) is 22.7. The molecule has 1 unspecified atom stereocenters. The van der Waals surface area contributed by atoms with Crippen LogP contribution in [0.1, 0.15) is 6.92 Å². The Morgan fingerprint density at radius 2 is 1.93 bits per heavy atom. The van der Waals surface area contributed by atoms with Crippen molar-refractivity contribution >= 4 is 23.5 Å². The number of carbonyl (C=O) groups excluding carboxylic acids is 1. The molecule has 8 nitrogen and oxygen atoms in total. The number of piperazine rings is 1. The van der Waals surface area contributed by atoms with Gasteiger partial charge in [0.2, 0.25) is 5.91 Å². The lowest BCUT2D eigenvalue weighted by Crippen LogP contribution is -2.55. The molecule has 0 aromatic heterocycles. The summed E-state index contributed by atoms with van der Waals surface area (Å²) in [5.74, 6) is 1.81. The summed E-state index contributed by atoms with van der Waals surface area (Å²) in [5, 5.41) is 4.05. The molecule has 9 heteroatoms. The van der Waals surface area contributed by atoms with Crippen LogP contribution in [0.2, 0.25) is 5.02 Å². The van der Waals surface area contributed by atoms with E-state index in [4.69, 9.17) is 21.1 Å². The van der Waals surface area contributed by atoms with E-state index in [1.165, 1.54) is 0 Å². The van der Waals surface area contributed by atoms with Gasteiger partial charge < -0.3 is 24.6 Å². The smallest absolute Gasteiger partial charge is 0.236 e. The van der Waals surface area contributed by atoms with Crippen molar-refractivity contribution in [3.8, 4) is 5.75 Å². The monoisotopic (exact) mass is 437 g/mol. The van der Waals surface area contributed by atoms with E-state index in [0.29, 0.717) is 44.4 Å². The van der Waals surface area contributed by atoms with Gasteiger partial charge in [-0.05, 0) is 25.1 Å². The zero-order valence-electron chi connectivity index (χ0n) is 17.8. The number of halogens is 1. The van der Waals surface area contributed by atoms with E-state index < -0.39 is 0 Å². The second kappa shape index (κ2) is 11.4. The van der Waals surface area contributed by atoms with E-state index in [1.54, 1.807) is 7.05 Å². The van der Waals surface area contributed by atoms with Gasteiger partial charge in [0.25, 0.3) is 0 Å². The number of rotatable bonds is 6. The third-order valence-corrected chi connectivity index (χ3v) is 5.52. The van der Waals surface area contributed by atoms with Gasteiger partial charge in [0.15, 0.2) is 5.96 Å². The Morgan fingerprint density at radius 1 is 1.20 bits per heavy atom. The number of aliphatic imine (C=N–C) groups is 1. The first-order valence-electron chi connectivity index (χ1n) is 10.5. The Labute approximate surface area is 183 Å². The maximum absolute atomic E-state index is 12.4. The molecule has 0 bridgehead atoms. The van der Waals surface area contributed by atoms with Gasteiger partial charge in [-0.2, -0.15) is 0 Å². The largest absolute Gasteiger partial charge is 0.489 e. The van der Waals surface area contributed by atoms with Crippen molar-refractivity contribution in [2.75, 3.05) is 72.6 Å². The second-order valence-corrected chi connectivity index (χ2v) is 8.01. The summed E-state index contributed by atoms with van der Waals surface area (Å²) in [7, 11) is 1.79. The van der Waals surface area contributed by atoms with Crippen molar-refractivity contribution in [2.24, 2.45) is 4.99 Å². The molecular weight excluding hydrogens is 406 g/mol. The number of ether oxygens (including phenoxy) is 2. The van der Waals surface area contributed by atoms with Crippen molar-refractivity contribution in [3.63, 3.8) is 0 Å². The highest BCUT2D eigenvalue weighted by Gasteiger charge is 2.24. The van der Waals surface area contributed by atoms with E-state index in [0.717, 1.165) is 37.9 Å². The molecule has 3 rings (SSSR count). The lowest BCUT2D eigenvalue weighted by atomic mass is 10.3. The van der Waals surface area contributed by atoms with Crippen LogP contribution >= 0.6 is 11.6 Å². The summed E-state index contributed by atoms with van der Waals surface area (Å²) < 4.78 is 11.2. The number of carbonyl (C=O) groups is 1. The fourth-order valence-corrected chi connectivity index (χ4v) is 3.78. The highest BCUT2D eigenvalue weighted by atomic mass is 35.5. The number of guanidine groups is 1. The minimum absolute atomic E-state index is 0.0346. The molecule has 0 spiro atoms. The average Bonchev–Trinajstić information content (AvgIpc) is 2.76. The zero-order valence-corrected chi connectivity index (χ0v) is 18.6. The van der Waals surface area contributed by atoms with Gasteiger partial charge in [-0.15, -0.1) is 0 Å². The normalized spacial score (nSPS) is 19.5. The summed E-state index contributed by atoms with van der Waals surface area (Å²) >= 11 is 6.01. The van der Waals surface area contributed by atoms with Gasteiger partial charge in [0.1, 0.15) is 11.9 Å². The van der Waals surface area contributed by atoms with E-state index in [9.17, 15) is 4.79 Å². The molecule has 2 aliphatic heterocycles. The number of hydrogen-bond donors (Lipinski definition) is 1. The van der Waals surface area contributed by atoms with Gasteiger partial charge in [-0.25, -0.2) is 0 Å². The molecule has 1 atom stereocenters. The standard InChI is InChI=1S/C21H32ClN5O3/c1-17(30-19-5-3-4-18(22)14-19)15-24-21(23-2)27-8-6-25(7-9-27)16-20(28)26-10-12-29-13-11-26/h3-5,14,17H,6-13,15-16H2,1-2H3,(H,23,24). The molecule has 166 valence electrons. The summed E-state index contributed by atoms with van der Waals surface area (Å²) in [5.41, 5.74) is 0. The third kappa shape index (κ3) is 6.75. The number of benzene rings is 1. The van der Waals surface area contributed by atoms with Crippen LogP contribution in [-0.2, 0) is 9.53 Å². The van der Waals surface area contributed by atoms with Gasteiger partial charge in [-0.3, -0.25) is 14.7 Å². The lowest BCUT2D eigenvalue weighted by molar-refractivity contribution is -0.136. The molecule has 0 radical (unpaired) electrons. The lowest BCUT2D eigenvalue weighted by Gasteiger charge is -2.37. The number of amides is 1. The Hall–Kier alpha value is -2.03. The summed E-state index contributed by atoms with van der Waals surface area (Å²) in [6, 6.07) is 7.41. The van der Waals surface area contributed by atoms with E-state index in [2.05, 4.69) is 20.1 Å². The molecule has 0 saturated carbocycles. The third-order valence-electron chi connectivity index (χ3n) is 5.29. The van der Waals surface area contributed by atoms with Crippen LogP contribution in [0, 0.1) is 0 Å². The molecule has 1 aromatic carbocycles. The predicted molar refractivity (Wildman–Crippen MR) is 118 cm³/mol. The highest BCUT2D eigenvalue weighted by molar-refractivity contribution is 6.30.